The number of allylic oxidation sites excluding steroid dienone is 6. The maximum absolute atomic E-state index is 12.6. The van der Waals surface area contributed by atoms with E-state index in [0.29, 0.717) is 25.0 Å². The van der Waals surface area contributed by atoms with Crippen molar-refractivity contribution in [2.45, 2.75) is 208 Å². The van der Waals surface area contributed by atoms with Crippen LogP contribution in [0.25, 0.3) is 0 Å². The summed E-state index contributed by atoms with van der Waals surface area (Å²) in [6.07, 6.45) is 31.8. The van der Waals surface area contributed by atoms with Crippen molar-refractivity contribution in [3.63, 3.8) is 0 Å². The molecule has 1 rings (SSSR count). The van der Waals surface area contributed by atoms with Crippen molar-refractivity contribution in [2.75, 3.05) is 0 Å². The molecule has 0 aromatic heterocycles. The van der Waals surface area contributed by atoms with E-state index in [1.807, 2.05) is 6.92 Å². The van der Waals surface area contributed by atoms with Crippen LogP contribution in [-0.2, 0) is 11.2 Å². The molecule has 1 atom stereocenters. The molecule has 0 aliphatic heterocycles. The molecule has 1 aromatic carbocycles. The molecule has 5 heteroatoms. The predicted molar refractivity (Wildman–Crippen MR) is 213 cm³/mol. The first-order valence-corrected chi connectivity index (χ1v) is 20.2. The van der Waals surface area contributed by atoms with Gasteiger partial charge < -0.3 is 20.1 Å². The van der Waals surface area contributed by atoms with Gasteiger partial charge in [0.05, 0.1) is 11.7 Å². The van der Waals surface area contributed by atoms with Crippen LogP contribution in [0.15, 0.2) is 47.1 Å². The Morgan fingerprint density at radius 3 is 1.68 bits per heavy atom. The van der Waals surface area contributed by atoms with E-state index in [-0.39, 0.29) is 11.7 Å². The van der Waals surface area contributed by atoms with Gasteiger partial charge in [-0.1, -0.05) is 132 Å². The standard InChI is InChI=1S/C45H76O5/c1-8-9-10-11-12-13-14-15-16-17-18-19-20-21-22-29-43(47)50-41-34-39(5)44(48)40(35-41)32-30-37(3)27-23-25-36(2)26-24-28-38(4)31-33-42(46)45(6,7)49/h25,28,30,34-35,42,46,48-49H,8-24,26-27,29,31-33H2,1-7H3/t42-/m1/s1. The third-order valence-electron chi connectivity index (χ3n) is 9.93. The highest BCUT2D eigenvalue weighted by Crippen LogP contribution is 2.29. The van der Waals surface area contributed by atoms with Gasteiger partial charge in [-0.15, -0.1) is 0 Å². The van der Waals surface area contributed by atoms with E-state index in [1.165, 1.54) is 100 Å². The summed E-state index contributed by atoms with van der Waals surface area (Å²) in [5.41, 5.74) is 4.32. The lowest BCUT2D eigenvalue weighted by atomic mass is 9.95. The molecule has 0 heterocycles. The summed E-state index contributed by atoms with van der Waals surface area (Å²) in [4.78, 5) is 12.6. The number of aliphatic hydroxyl groups excluding tert-OH is 1. The first-order valence-electron chi connectivity index (χ1n) is 20.2. The van der Waals surface area contributed by atoms with Gasteiger partial charge in [-0.2, -0.15) is 0 Å². The number of esters is 1. The molecule has 3 N–H and O–H groups in total. The smallest absolute Gasteiger partial charge is 0.311 e. The van der Waals surface area contributed by atoms with Gasteiger partial charge in [-0.25, -0.2) is 0 Å². The van der Waals surface area contributed by atoms with Gasteiger partial charge in [-0.3, -0.25) is 4.79 Å². The second-order valence-corrected chi connectivity index (χ2v) is 15.6. The molecule has 0 fully saturated rings. The highest BCUT2D eigenvalue weighted by atomic mass is 16.5. The minimum absolute atomic E-state index is 0.195. The molecule has 5 nitrogen and oxygen atoms in total. The molecule has 1 aromatic rings. The molecule has 0 unspecified atom stereocenters. The van der Waals surface area contributed by atoms with Gasteiger partial charge in [0.15, 0.2) is 0 Å². The number of benzene rings is 1. The average molecular weight is 697 g/mol. The van der Waals surface area contributed by atoms with Gasteiger partial charge >= 0.3 is 5.97 Å². The van der Waals surface area contributed by atoms with Crippen LogP contribution in [0.1, 0.15) is 194 Å². The van der Waals surface area contributed by atoms with Gasteiger partial charge in [-0.05, 0) is 111 Å². The number of ether oxygens (including phenoxy) is 1. The topological polar surface area (TPSA) is 87.0 Å². The van der Waals surface area contributed by atoms with E-state index in [9.17, 15) is 20.1 Å². The van der Waals surface area contributed by atoms with Gasteiger partial charge in [0.25, 0.3) is 0 Å². The number of aromatic hydroxyl groups is 1. The molecule has 0 spiro atoms. The summed E-state index contributed by atoms with van der Waals surface area (Å²) in [6.45, 7) is 13.8. The Balaban J connectivity index is 2.32. The van der Waals surface area contributed by atoms with Crippen LogP contribution in [-0.4, -0.2) is 33.0 Å². The van der Waals surface area contributed by atoms with Gasteiger partial charge in [0.1, 0.15) is 11.5 Å². The Kier molecular flexibility index (Phi) is 24.9. The lowest BCUT2D eigenvalue weighted by molar-refractivity contribution is -0.134. The van der Waals surface area contributed by atoms with E-state index in [1.54, 1.807) is 26.0 Å². The van der Waals surface area contributed by atoms with Crippen molar-refractivity contribution < 1.29 is 24.9 Å². The van der Waals surface area contributed by atoms with E-state index >= 15 is 0 Å². The molecule has 0 aliphatic carbocycles. The second-order valence-electron chi connectivity index (χ2n) is 15.6. The number of hydrogen-bond acceptors (Lipinski definition) is 5. The largest absolute Gasteiger partial charge is 0.507 e. The van der Waals surface area contributed by atoms with Crippen LogP contribution < -0.4 is 4.74 Å². The van der Waals surface area contributed by atoms with Crippen molar-refractivity contribution in [3.05, 3.63) is 58.2 Å². The first-order chi connectivity index (χ1) is 23.8. The normalized spacial score (nSPS) is 13.6. The highest BCUT2D eigenvalue weighted by Gasteiger charge is 2.23. The molecule has 0 radical (unpaired) electrons. The lowest BCUT2D eigenvalue weighted by Crippen LogP contribution is -2.35. The number of aryl methyl sites for hydroxylation is 1. The Bertz CT molecular complexity index is 1150. The molecule has 286 valence electrons. The van der Waals surface area contributed by atoms with E-state index in [4.69, 9.17) is 4.74 Å². The number of carbonyl (C=O) groups excluding carboxylic acids is 1. The van der Waals surface area contributed by atoms with Crippen molar-refractivity contribution in [3.8, 4) is 11.5 Å². The lowest BCUT2D eigenvalue weighted by Gasteiger charge is -2.24. The van der Waals surface area contributed by atoms with Crippen LogP contribution in [0.3, 0.4) is 0 Å². The predicted octanol–water partition coefficient (Wildman–Crippen LogP) is 12.7. The van der Waals surface area contributed by atoms with Gasteiger partial charge in [0.2, 0.25) is 0 Å². The number of carbonyl (C=O) groups is 1. The zero-order chi connectivity index (χ0) is 37.2. The van der Waals surface area contributed by atoms with Crippen molar-refractivity contribution in [1.82, 2.24) is 0 Å². The zero-order valence-corrected chi connectivity index (χ0v) is 33.4. The fourth-order valence-corrected chi connectivity index (χ4v) is 6.25. The van der Waals surface area contributed by atoms with Crippen molar-refractivity contribution in [1.29, 1.82) is 0 Å². The summed E-state index contributed by atoms with van der Waals surface area (Å²) in [5.74, 6) is 0.591. The minimum Gasteiger partial charge on any atom is -0.507 e. The van der Waals surface area contributed by atoms with Crippen LogP contribution in [0.5, 0.6) is 11.5 Å². The minimum atomic E-state index is -1.06. The SMILES string of the molecule is CCCCCCCCCCCCCCCCCC(=O)Oc1cc(C)c(O)c(CC=C(C)CCC=C(C)CCC=C(C)CC[C@@H](O)C(C)(C)O)c1. The number of phenolic OH excluding ortho intramolecular Hbond substituents is 1. The van der Waals surface area contributed by atoms with E-state index in [2.05, 4.69) is 45.9 Å². The van der Waals surface area contributed by atoms with Gasteiger partial charge in [0, 0.05) is 12.0 Å². The Morgan fingerprint density at radius 2 is 1.18 bits per heavy atom. The van der Waals surface area contributed by atoms with Crippen LogP contribution in [0.4, 0.5) is 0 Å². The third-order valence-corrected chi connectivity index (χ3v) is 9.93. The van der Waals surface area contributed by atoms with E-state index in [0.717, 1.165) is 56.1 Å². The Hall–Kier alpha value is -2.37. The van der Waals surface area contributed by atoms with Crippen LogP contribution >= 0.6 is 0 Å². The van der Waals surface area contributed by atoms with Crippen LogP contribution in [0, 0.1) is 6.92 Å². The maximum Gasteiger partial charge on any atom is 0.311 e. The van der Waals surface area contributed by atoms with Crippen molar-refractivity contribution >= 4 is 5.97 Å². The fourth-order valence-electron chi connectivity index (χ4n) is 6.25. The molecule has 0 bridgehead atoms. The number of phenols is 1. The number of hydrogen-bond donors (Lipinski definition) is 3. The summed E-state index contributed by atoms with van der Waals surface area (Å²) in [7, 11) is 0. The summed E-state index contributed by atoms with van der Waals surface area (Å²) in [5, 5.41) is 30.6. The van der Waals surface area contributed by atoms with Crippen molar-refractivity contribution in [2.24, 2.45) is 0 Å². The summed E-state index contributed by atoms with van der Waals surface area (Å²) < 4.78 is 5.69. The zero-order valence-electron chi connectivity index (χ0n) is 33.4. The average Bonchev–Trinajstić information content (AvgIpc) is 3.05. The van der Waals surface area contributed by atoms with Crippen LogP contribution in [0.2, 0.25) is 0 Å². The Labute approximate surface area is 307 Å². The quantitative estimate of drug-likeness (QED) is 0.0336. The second kappa shape index (κ2) is 27.3. The first kappa shape index (κ1) is 45.7. The molecular formula is C45H76O5. The summed E-state index contributed by atoms with van der Waals surface area (Å²) >= 11 is 0. The number of rotatable bonds is 29. The monoisotopic (exact) mass is 697 g/mol. The molecular weight excluding hydrogens is 620 g/mol. The molecule has 0 saturated carbocycles. The van der Waals surface area contributed by atoms with E-state index < -0.39 is 11.7 Å². The molecule has 0 amide bonds. The summed E-state index contributed by atoms with van der Waals surface area (Å²) in [6, 6.07) is 3.56. The highest BCUT2D eigenvalue weighted by molar-refractivity contribution is 5.72. The maximum atomic E-state index is 12.6. The molecule has 0 aliphatic rings. The molecule has 50 heavy (non-hydrogen) atoms. The Morgan fingerprint density at radius 1 is 0.720 bits per heavy atom. The third kappa shape index (κ3) is 23.2. The fraction of sp³-hybridized carbons (Fsp3) is 0.711. The number of unbranched alkanes of at least 4 members (excludes halogenated alkanes) is 14. The number of aliphatic hydroxyl groups is 2. The molecule has 0 saturated heterocycles.